The Bertz CT molecular complexity index is 568. The van der Waals surface area contributed by atoms with Gasteiger partial charge >= 0.3 is 5.97 Å². The van der Waals surface area contributed by atoms with Crippen LogP contribution in [-0.4, -0.2) is 32.6 Å². The van der Waals surface area contributed by atoms with Gasteiger partial charge in [0.25, 0.3) is 0 Å². The molecule has 0 saturated carbocycles. The van der Waals surface area contributed by atoms with Gasteiger partial charge in [-0.1, -0.05) is 32.0 Å². The number of carboxylic acid groups (broad SMARTS) is 1. The lowest BCUT2D eigenvalue weighted by Gasteiger charge is -2.19. The van der Waals surface area contributed by atoms with Crippen molar-refractivity contribution in [2.75, 3.05) is 7.11 Å². The maximum atomic E-state index is 12.3. The van der Waals surface area contributed by atoms with Crippen LogP contribution in [-0.2, 0) is 26.2 Å². The van der Waals surface area contributed by atoms with Crippen LogP contribution in [0.1, 0.15) is 19.4 Å². The summed E-state index contributed by atoms with van der Waals surface area (Å²) < 4.78 is 31.8. The third-order valence-electron chi connectivity index (χ3n) is 2.78. The van der Waals surface area contributed by atoms with E-state index in [1.165, 1.54) is 13.2 Å². The van der Waals surface area contributed by atoms with E-state index in [9.17, 15) is 13.2 Å². The number of carboxylic acids is 1. The molecule has 1 atom stereocenters. The van der Waals surface area contributed by atoms with Crippen molar-refractivity contribution in [3.8, 4) is 0 Å². The highest BCUT2D eigenvalue weighted by Crippen LogP contribution is 2.17. The molecule has 0 heterocycles. The van der Waals surface area contributed by atoms with Gasteiger partial charge in [0.2, 0.25) is 10.0 Å². The Kier molecular flexibility index (Phi) is 5.67. The molecular formula is C13H19NO5S. The van der Waals surface area contributed by atoms with Crippen molar-refractivity contribution >= 4 is 16.0 Å². The van der Waals surface area contributed by atoms with Crippen LogP contribution in [0.4, 0.5) is 0 Å². The minimum absolute atomic E-state index is 0.0359. The summed E-state index contributed by atoms with van der Waals surface area (Å²) in [4.78, 5) is 11.1. The molecule has 0 bridgehead atoms. The Morgan fingerprint density at radius 3 is 2.45 bits per heavy atom. The van der Waals surface area contributed by atoms with E-state index in [2.05, 4.69) is 4.72 Å². The van der Waals surface area contributed by atoms with Crippen LogP contribution in [0.15, 0.2) is 29.2 Å². The summed E-state index contributed by atoms with van der Waals surface area (Å²) in [5, 5.41) is 9.07. The lowest BCUT2D eigenvalue weighted by molar-refractivity contribution is -0.140. The molecule has 2 N–H and O–H groups in total. The van der Waals surface area contributed by atoms with E-state index in [0.717, 1.165) is 0 Å². The van der Waals surface area contributed by atoms with Crippen molar-refractivity contribution in [1.82, 2.24) is 4.72 Å². The molecule has 0 aliphatic rings. The zero-order valence-corrected chi connectivity index (χ0v) is 12.5. The molecule has 0 amide bonds. The fourth-order valence-corrected chi connectivity index (χ4v) is 3.31. The molecule has 7 heteroatoms. The Morgan fingerprint density at radius 2 is 1.95 bits per heavy atom. The highest BCUT2D eigenvalue weighted by molar-refractivity contribution is 7.89. The van der Waals surface area contributed by atoms with Crippen LogP contribution >= 0.6 is 0 Å². The average Bonchev–Trinajstić information content (AvgIpc) is 2.36. The molecule has 1 aromatic carbocycles. The fourth-order valence-electron chi connectivity index (χ4n) is 1.74. The highest BCUT2D eigenvalue weighted by atomic mass is 32.2. The van der Waals surface area contributed by atoms with Gasteiger partial charge in [0, 0.05) is 7.11 Å². The predicted octanol–water partition coefficient (Wildman–Crippen LogP) is 1.22. The maximum absolute atomic E-state index is 12.3. The fraction of sp³-hybridized carbons (Fsp3) is 0.462. The van der Waals surface area contributed by atoms with E-state index in [4.69, 9.17) is 9.84 Å². The van der Waals surface area contributed by atoms with Crippen molar-refractivity contribution in [1.29, 1.82) is 0 Å². The van der Waals surface area contributed by atoms with E-state index < -0.39 is 22.0 Å². The molecule has 0 aliphatic heterocycles. The van der Waals surface area contributed by atoms with Crippen molar-refractivity contribution in [3.05, 3.63) is 29.8 Å². The van der Waals surface area contributed by atoms with Gasteiger partial charge < -0.3 is 9.84 Å². The van der Waals surface area contributed by atoms with E-state index in [1.54, 1.807) is 32.0 Å². The number of sulfonamides is 1. The largest absolute Gasteiger partial charge is 0.480 e. The number of benzene rings is 1. The summed E-state index contributed by atoms with van der Waals surface area (Å²) in [6, 6.07) is 5.17. The minimum Gasteiger partial charge on any atom is -0.480 e. The Labute approximate surface area is 118 Å². The summed E-state index contributed by atoms with van der Waals surface area (Å²) in [7, 11) is -2.45. The zero-order valence-electron chi connectivity index (χ0n) is 11.7. The number of aliphatic carboxylic acids is 1. The number of rotatable bonds is 7. The lowest BCUT2D eigenvalue weighted by atomic mass is 10.1. The van der Waals surface area contributed by atoms with Crippen molar-refractivity contribution in [2.24, 2.45) is 5.92 Å². The van der Waals surface area contributed by atoms with Gasteiger partial charge in [-0.3, -0.25) is 4.79 Å². The van der Waals surface area contributed by atoms with Gasteiger partial charge in [-0.15, -0.1) is 0 Å². The maximum Gasteiger partial charge on any atom is 0.322 e. The molecule has 0 spiro atoms. The first-order chi connectivity index (χ1) is 9.29. The predicted molar refractivity (Wildman–Crippen MR) is 73.7 cm³/mol. The normalized spacial score (nSPS) is 13.4. The van der Waals surface area contributed by atoms with Gasteiger partial charge in [0.15, 0.2) is 0 Å². The summed E-state index contributed by atoms with van der Waals surface area (Å²) in [5.41, 5.74) is 0.482. The molecule has 6 nitrogen and oxygen atoms in total. The summed E-state index contributed by atoms with van der Waals surface area (Å²) in [6.45, 7) is 3.42. The van der Waals surface area contributed by atoms with Crippen LogP contribution in [0, 0.1) is 5.92 Å². The first kappa shape index (κ1) is 16.6. The minimum atomic E-state index is -3.91. The summed E-state index contributed by atoms with van der Waals surface area (Å²) in [5.74, 6) is -1.57. The molecule has 0 aromatic heterocycles. The van der Waals surface area contributed by atoms with Crippen LogP contribution in [0.2, 0.25) is 0 Å². The summed E-state index contributed by atoms with van der Waals surface area (Å²) >= 11 is 0. The third-order valence-corrected chi connectivity index (χ3v) is 4.32. The van der Waals surface area contributed by atoms with Crippen molar-refractivity contribution < 1.29 is 23.1 Å². The van der Waals surface area contributed by atoms with Crippen LogP contribution in [0.3, 0.4) is 0 Å². The first-order valence-electron chi connectivity index (χ1n) is 6.11. The number of ether oxygens (including phenoxy) is 1. The van der Waals surface area contributed by atoms with Gasteiger partial charge in [-0.25, -0.2) is 8.42 Å². The molecule has 0 aliphatic carbocycles. The molecule has 112 valence electrons. The Balaban J connectivity index is 3.14. The molecular weight excluding hydrogens is 282 g/mol. The zero-order chi connectivity index (χ0) is 15.3. The number of nitrogens with one attached hydrogen (secondary N) is 1. The first-order valence-corrected chi connectivity index (χ1v) is 7.60. The van der Waals surface area contributed by atoms with Gasteiger partial charge in [0.05, 0.1) is 11.5 Å². The third kappa shape index (κ3) is 4.03. The van der Waals surface area contributed by atoms with E-state index >= 15 is 0 Å². The molecule has 0 saturated heterocycles. The van der Waals surface area contributed by atoms with Gasteiger partial charge in [-0.05, 0) is 17.5 Å². The average molecular weight is 301 g/mol. The number of hydrogen-bond donors (Lipinski definition) is 2. The second-order valence-corrected chi connectivity index (χ2v) is 6.40. The molecule has 0 radical (unpaired) electrons. The van der Waals surface area contributed by atoms with Crippen LogP contribution in [0.25, 0.3) is 0 Å². The smallest absolute Gasteiger partial charge is 0.322 e. The molecule has 0 fully saturated rings. The number of carbonyl (C=O) groups is 1. The highest BCUT2D eigenvalue weighted by Gasteiger charge is 2.29. The number of hydrogen-bond acceptors (Lipinski definition) is 4. The Morgan fingerprint density at radius 1 is 1.35 bits per heavy atom. The number of methoxy groups -OCH3 is 1. The molecule has 1 aromatic rings. The SMILES string of the molecule is COCc1ccccc1S(=O)(=O)N[C@@H](C(=O)O)C(C)C. The van der Waals surface area contributed by atoms with Crippen LogP contribution < -0.4 is 4.72 Å². The second-order valence-electron chi connectivity index (χ2n) is 4.72. The molecule has 20 heavy (non-hydrogen) atoms. The standard InChI is InChI=1S/C13H19NO5S/c1-9(2)12(13(15)16)14-20(17,18)11-7-5-4-6-10(11)8-19-3/h4-7,9,12,14H,8H2,1-3H3,(H,15,16)/t12-/m1/s1. The Hall–Kier alpha value is -1.44. The quantitative estimate of drug-likeness (QED) is 0.790. The van der Waals surface area contributed by atoms with E-state index in [-0.39, 0.29) is 17.4 Å². The van der Waals surface area contributed by atoms with E-state index in [1.807, 2.05) is 0 Å². The van der Waals surface area contributed by atoms with Crippen molar-refractivity contribution in [2.45, 2.75) is 31.4 Å². The molecule has 0 unspecified atom stereocenters. The van der Waals surface area contributed by atoms with Crippen molar-refractivity contribution in [3.63, 3.8) is 0 Å². The molecule has 1 rings (SSSR count). The van der Waals surface area contributed by atoms with Gasteiger partial charge in [0.1, 0.15) is 6.04 Å². The van der Waals surface area contributed by atoms with Gasteiger partial charge in [-0.2, -0.15) is 4.72 Å². The van der Waals surface area contributed by atoms with E-state index in [0.29, 0.717) is 5.56 Å². The van der Waals surface area contributed by atoms with Crippen LogP contribution in [0.5, 0.6) is 0 Å². The monoisotopic (exact) mass is 301 g/mol. The summed E-state index contributed by atoms with van der Waals surface area (Å²) in [6.07, 6.45) is 0. The second kappa shape index (κ2) is 6.83. The topological polar surface area (TPSA) is 92.7 Å². The lowest BCUT2D eigenvalue weighted by Crippen LogP contribution is -2.44.